The summed E-state index contributed by atoms with van der Waals surface area (Å²) in [5.74, 6) is -1.49. The van der Waals surface area contributed by atoms with Crippen molar-refractivity contribution in [2.24, 2.45) is 16.7 Å². The third-order valence-electron chi connectivity index (χ3n) is 9.46. The number of esters is 1. The predicted octanol–water partition coefficient (Wildman–Crippen LogP) is 1.40. The molecule has 0 amide bonds. The molecule has 3 saturated carbocycles. The van der Waals surface area contributed by atoms with Crippen molar-refractivity contribution in [1.82, 2.24) is 0 Å². The zero-order valence-corrected chi connectivity index (χ0v) is 18.3. The van der Waals surface area contributed by atoms with Gasteiger partial charge in [0.15, 0.2) is 5.78 Å². The van der Waals surface area contributed by atoms with Gasteiger partial charge in [0.25, 0.3) is 0 Å². The Bertz CT molecular complexity index is 822. The summed E-state index contributed by atoms with van der Waals surface area (Å²) in [4.78, 5) is 24.6. The molecule has 0 aliphatic heterocycles. The summed E-state index contributed by atoms with van der Waals surface area (Å²) in [5, 5.41) is 45.8. The Hall–Kier alpha value is -1.28. The molecule has 0 spiro atoms. The third kappa shape index (κ3) is 2.35. The van der Waals surface area contributed by atoms with Crippen LogP contribution in [-0.2, 0) is 14.3 Å². The van der Waals surface area contributed by atoms with Crippen LogP contribution in [0.25, 0.3) is 0 Å². The second-order valence-electron chi connectivity index (χ2n) is 10.5. The predicted molar refractivity (Wildman–Crippen MR) is 107 cm³/mol. The summed E-state index contributed by atoms with van der Waals surface area (Å²) in [6.45, 7) is 6.18. The molecule has 0 bridgehead atoms. The Labute approximate surface area is 177 Å². The smallest absolute Gasteiger partial charge is 0.302 e. The van der Waals surface area contributed by atoms with Gasteiger partial charge in [-0.05, 0) is 64.2 Å². The summed E-state index contributed by atoms with van der Waals surface area (Å²) in [6, 6.07) is 0. The number of hydrogen-bond acceptors (Lipinski definition) is 7. The van der Waals surface area contributed by atoms with Crippen LogP contribution in [0.15, 0.2) is 11.6 Å². The minimum absolute atomic E-state index is 0.00583. The number of ether oxygens (including phenoxy) is 1. The average Bonchev–Trinajstić information content (AvgIpc) is 2.88. The maximum atomic E-state index is 12.6. The lowest BCUT2D eigenvalue weighted by atomic mass is 9.42. The molecule has 3 fully saturated rings. The van der Waals surface area contributed by atoms with E-state index in [1.54, 1.807) is 6.92 Å². The molecule has 7 heteroatoms. The Kier molecular flexibility index (Phi) is 4.66. The van der Waals surface area contributed by atoms with Crippen molar-refractivity contribution >= 4 is 11.8 Å². The van der Waals surface area contributed by atoms with E-state index in [1.807, 2.05) is 13.0 Å². The lowest BCUT2D eigenvalue weighted by molar-refractivity contribution is -0.314. The lowest BCUT2D eigenvalue weighted by Gasteiger charge is -2.67. The number of fused-ring (bicyclic) bond motifs is 5. The minimum atomic E-state index is -1.91. The van der Waals surface area contributed by atoms with E-state index < -0.39 is 57.5 Å². The van der Waals surface area contributed by atoms with Crippen molar-refractivity contribution in [2.45, 2.75) is 102 Å². The van der Waals surface area contributed by atoms with Crippen LogP contribution in [0.5, 0.6) is 0 Å². The van der Waals surface area contributed by atoms with Crippen LogP contribution >= 0.6 is 0 Å². The summed E-state index contributed by atoms with van der Waals surface area (Å²) in [5.41, 5.74) is -6.26. The first-order valence-corrected chi connectivity index (χ1v) is 11.0. The number of carbonyl (C=O) groups is 2. The van der Waals surface area contributed by atoms with Crippen molar-refractivity contribution in [1.29, 1.82) is 0 Å². The van der Waals surface area contributed by atoms with Crippen molar-refractivity contribution in [3.05, 3.63) is 11.6 Å². The molecular formula is C23H34O7. The first-order valence-electron chi connectivity index (χ1n) is 11.0. The third-order valence-corrected chi connectivity index (χ3v) is 9.46. The number of Topliss-reactive ketones (excluding diaryl/α,β-unsaturated/α-hetero) is 1. The molecule has 4 rings (SSSR count). The van der Waals surface area contributed by atoms with E-state index in [9.17, 15) is 30.0 Å². The molecule has 0 aromatic rings. The Morgan fingerprint density at radius 2 is 1.77 bits per heavy atom. The van der Waals surface area contributed by atoms with Crippen LogP contribution in [0, 0.1) is 16.7 Å². The van der Waals surface area contributed by atoms with Crippen molar-refractivity contribution in [2.75, 3.05) is 0 Å². The van der Waals surface area contributed by atoms with Gasteiger partial charge in [0.05, 0.1) is 11.5 Å². The lowest BCUT2D eigenvalue weighted by Crippen LogP contribution is -2.78. The van der Waals surface area contributed by atoms with E-state index in [1.165, 1.54) is 13.8 Å². The fraction of sp³-hybridized carbons (Fsp3) is 0.826. The first kappa shape index (κ1) is 21.9. The first-order chi connectivity index (χ1) is 13.8. The summed E-state index contributed by atoms with van der Waals surface area (Å²) in [7, 11) is 0. The molecule has 0 aromatic heterocycles. The number of aliphatic hydroxyl groups is 4. The van der Waals surface area contributed by atoms with E-state index >= 15 is 0 Å². The van der Waals surface area contributed by atoms with E-state index in [2.05, 4.69) is 0 Å². The van der Waals surface area contributed by atoms with Gasteiger partial charge >= 0.3 is 5.97 Å². The molecular weight excluding hydrogens is 388 g/mol. The molecule has 0 heterocycles. The average molecular weight is 423 g/mol. The van der Waals surface area contributed by atoms with Gasteiger partial charge in [0.1, 0.15) is 22.9 Å². The molecule has 4 aliphatic rings. The highest BCUT2D eigenvalue weighted by atomic mass is 16.5. The number of aliphatic hydroxyl groups excluding tert-OH is 1. The van der Waals surface area contributed by atoms with Gasteiger partial charge in [-0.1, -0.05) is 18.6 Å². The fourth-order valence-electron chi connectivity index (χ4n) is 7.57. The molecule has 4 N–H and O–H groups in total. The summed E-state index contributed by atoms with van der Waals surface area (Å²) < 4.78 is 5.67. The maximum Gasteiger partial charge on any atom is 0.302 e. The molecule has 0 radical (unpaired) electrons. The zero-order valence-electron chi connectivity index (χ0n) is 18.3. The van der Waals surface area contributed by atoms with E-state index in [4.69, 9.17) is 4.74 Å². The second kappa shape index (κ2) is 6.37. The van der Waals surface area contributed by atoms with Gasteiger partial charge in [0, 0.05) is 12.8 Å². The highest BCUT2D eigenvalue weighted by Crippen LogP contribution is 2.70. The second-order valence-corrected chi connectivity index (χ2v) is 10.5. The molecule has 8 atom stereocenters. The van der Waals surface area contributed by atoms with E-state index in [0.29, 0.717) is 19.3 Å². The number of ketones is 1. The van der Waals surface area contributed by atoms with E-state index in [0.717, 1.165) is 5.57 Å². The zero-order chi connectivity index (χ0) is 22.3. The molecule has 30 heavy (non-hydrogen) atoms. The molecule has 7 nitrogen and oxygen atoms in total. The van der Waals surface area contributed by atoms with Gasteiger partial charge in [-0.2, -0.15) is 0 Å². The Balaban J connectivity index is 1.91. The number of rotatable bonds is 2. The summed E-state index contributed by atoms with van der Waals surface area (Å²) in [6.07, 6.45) is 2.76. The monoisotopic (exact) mass is 422 g/mol. The van der Waals surface area contributed by atoms with Gasteiger partial charge in [-0.15, -0.1) is 0 Å². The van der Waals surface area contributed by atoms with Gasteiger partial charge in [-0.25, -0.2) is 0 Å². The Morgan fingerprint density at radius 1 is 1.10 bits per heavy atom. The molecule has 4 aliphatic carbocycles. The topological polar surface area (TPSA) is 124 Å². The Morgan fingerprint density at radius 3 is 2.37 bits per heavy atom. The van der Waals surface area contributed by atoms with Crippen LogP contribution in [-0.4, -0.2) is 61.2 Å². The van der Waals surface area contributed by atoms with Crippen LogP contribution in [0.1, 0.15) is 72.6 Å². The van der Waals surface area contributed by atoms with E-state index in [-0.39, 0.29) is 25.7 Å². The normalized spacial score (nSPS) is 52.5. The number of hydrogen-bond donors (Lipinski definition) is 4. The molecule has 0 aromatic carbocycles. The quantitative estimate of drug-likeness (QED) is 0.392. The standard InChI is InChI=1S/C23H34O7/c1-13(24)21(27)9-10-23(29)20(21,4)18(30-14(2)25)12-17-19(3)7-6-16(26)11-15(19)5-8-22(17,23)28/h5,16-18,26-29H,6-12H2,1-4H3/t16-,17+,18+,19-,20+,21+,22-,23-/m0/s1. The SMILES string of the molecule is CC(=O)O[C@@H]1C[C@@H]2[C@@]3(C)CC[C@H](O)CC3=CC[C@@]2(O)[C@]2(O)CC[C@@](O)(C(C)=O)[C@@]12C. The highest BCUT2D eigenvalue weighted by molar-refractivity contribution is 5.87. The van der Waals surface area contributed by atoms with Crippen molar-refractivity contribution in [3.8, 4) is 0 Å². The van der Waals surface area contributed by atoms with Crippen molar-refractivity contribution in [3.63, 3.8) is 0 Å². The molecule has 168 valence electrons. The van der Waals surface area contributed by atoms with Gasteiger partial charge in [0.2, 0.25) is 0 Å². The number of carbonyl (C=O) groups excluding carboxylic acids is 2. The molecule has 0 saturated heterocycles. The fourth-order valence-corrected chi connectivity index (χ4v) is 7.57. The maximum absolute atomic E-state index is 12.6. The van der Waals surface area contributed by atoms with Gasteiger partial charge < -0.3 is 25.2 Å². The van der Waals surface area contributed by atoms with Crippen LogP contribution in [0.4, 0.5) is 0 Å². The summed E-state index contributed by atoms with van der Waals surface area (Å²) >= 11 is 0. The van der Waals surface area contributed by atoms with Crippen LogP contribution in [0.2, 0.25) is 0 Å². The highest BCUT2D eigenvalue weighted by Gasteiger charge is 2.81. The van der Waals surface area contributed by atoms with Crippen molar-refractivity contribution < 1.29 is 34.8 Å². The largest absolute Gasteiger partial charge is 0.462 e. The van der Waals surface area contributed by atoms with Crippen LogP contribution < -0.4 is 0 Å². The minimum Gasteiger partial charge on any atom is -0.462 e. The van der Waals surface area contributed by atoms with Gasteiger partial charge in [-0.3, -0.25) is 9.59 Å². The molecule has 0 unspecified atom stereocenters. The van der Waals surface area contributed by atoms with Crippen LogP contribution in [0.3, 0.4) is 0 Å².